The molecular formula is C30H31N5O2S. The molecule has 0 spiro atoms. The van der Waals surface area contributed by atoms with Gasteiger partial charge in [-0.15, -0.1) is 0 Å². The zero-order chi connectivity index (χ0) is 27.0. The number of nitrogens with zero attached hydrogens (tertiary/aromatic N) is 3. The first-order valence-corrected chi connectivity index (χ1v) is 12.9. The van der Waals surface area contributed by atoms with Gasteiger partial charge in [-0.25, -0.2) is 0 Å². The fourth-order valence-electron chi connectivity index (χ4n) is 5.47. The van der Waals surface area contributed by atoms with E-state index in [0.29, 0.717) is 16.5 Å². The molecule has 1 aliphatic rings. The standard InChI is InChI=1S/C30H31N5O2S/c1-18-19(2)34(22-11-7-6-8-12-22)20(3)27(18)29-28(24-13-9-10-16-31-24)33-30(38)35(29)23-14-15-26(37-5)25(17-23)32-21(4)36/h6-17,28-29H,1-5H3,(H,32,36)(H,33,38)/t28-,29+/m1/s1. The molecule has 0 radical (unpaired) electrons. The molecule has 3 heterocycles. The maximum Gasteiger partial charge on any atom is 0.221 e. The number of carbonyl (C=O) groups is 1. The number of anilines is 2. The molecule has 8 heteroatoms. The van der Waals surface area contributed by atoms with Crippen LogP contribution in [0.4, 0.5) is 11.4 Å². The highest BCUT2D eigenvalue weighted by Crippen LogP contribution is 2.46. The summed E-state index contributed by atoms with van der Waals surface area (Å²) in [6, 6.07) is 21.7. The van der Waals surface area contributed by atoms with E-state index in [2.05, 4.69) is 65.1 Å². The minimum Gasteiger partial charge on any atom is -0.495 e. The highest BCUT2D eigenvalue weighted by atomic mass is 32.1. The van der Waals surface area contributed by atoms with Gasteiger partial charge in [-0.3, -0.25) is 9.78 Å². The number of methoxy groups -OCH3 is 1. The fourth-order valence-corrected chi connectivity index (χ4v) is 5.81. The molecule has 2 aromatic heterocycles. The summed E-state index contributed by atoms with van der Waals surface area (Å²) in [6.45, 7) is 7.97. The van der Waals surface area contributed by atoms with Gasteiger partial charge in [-0.05, 0) is 81.0 Å². The molecule has 1 aliphatic heterocycles. The van der Waals surface area contributed by atoms with Crippen LogP contribution < -0.4 is 20.3 Å². The molecule has 194 valence electrons. The van der Waals surface area contributed by atoms with E-state index in [1.165, 1.54) is 23.7 Å². The molecule has 1 fully saturated rings. The van der Waals surface area contributed by atoms with Gasteiger partial charge in [0.1, 0.15) is 5.75 Å². The second-order valence-corrected chi connectivity index (χ2v) is 9.83. The number of pyridine rings is 1. The molecule has 1 amide bonds. The van der Waals surface area contributed by atoms with Gasteiger partial charge >= 0.3 is 0 Å². The number of amides is 1. The summed E-state index contributed by atoms with van der Waals surface area (Å²) >= 11 is 5.95. The molecule has 4 aromatic rings. The lowest BCUT2D eigenvalue weighted by atomic mass is 9.93. The third-order valence-electron chi connectivity index (χ3n) is 7.19. The molecule has 0 saturated carbocycles. The summed E-state index contributed by atoms with van der Waals surface area (Å²) < 4.78 is 7.81. The molecule has 0 bridgehead atoms. The molecule has 7 nitrogen and oxygen atoms in total. The fraction of sp³-hybridized carbons (Fsp3) is 0.233. The van der Waals surface area contributed by atoms with Gasteiger partial charge in [0.15, 0.2) is 5.11 Å². The van der Waals surface area contributed by atoms with Crippen LogP contribution in [0.3, 0.4) is 0 Å². The molecule has 0 aliphatic carbocycles. The maximum absolute atomic E-state index is 11.9. The molecule has 2 N–H and O–H groups in total. The Morgan fingerprint density at radius 2 is 1.74 bits per heavy atom. The summed E-state index contributed by atoms with van der Waals surface area (Å²) in [6.07, 6.45) is 1.81. The van der Waals surface area contributed by atoms with Crippen LogP contribution in [0.1, 0.15) is 47.2 Å². The zero-order valence-electron chi connectivity index (χ0n) is 22.1. The van der Waals surface area contributed by atoms with Gasteiger partial charge in [0, 0.05) is 41.4 Å². The maximum atomic E-state index is 11.9. The number of hydrogen-bond acceptors (Lipinski definition) is 4. The Bertz CT molecular complexity index is 1500. The van der Waals surface area contributed by atoms with E-state index in [4.69, 9.17) is 21.9 Å². The number of hydrogen-bond donors (Lipinski definition) is 2. The van der Waals surface area contributed by atoms with Crippen molar-refractivity contribution in [2.75, 3.05) is 17.3 Å². The van der Waals surface area contributed by atoms with Crippen LogP contribution in [0.2, 0.25) is 0 Å². The predicted molar refractivity (Wildman–Crippen MR) is 155 cm³/mol. The summed E-state index contributed by atoms with van der Waals surface area (Å²) in [7, 11) is 1.59. The lowest BCUT2D eigenvalue weighted by Crippen LogP contribution is -2.30. The van der Waals surface area contributed by atoms with Crippen LogP contribution in [-0.2, 0) is 4.79 Å². The average molecular weight is 526 g/mol. The molecule has 38 heavy (non-hydrogen) atoms. The van der Waals surface area contributed by atoms with E-state index in [1.54, 1.807) is 7.11 Å². The van der Waals surface area contributed by atoms with Crippen LogP contribution in [0.5, 0.6) is 5.75 Å². The Morgan fingerprint density at radius 1 is 1.00 bits per heavy atom. The summed E-state index contributed by atoms with van der Waals surface area (Å²) in [4.78, 5) is 18.8. The van der Waals surface area contributed by atoms with Crippen LogP contribution in [0, 0.1) is 20.8 Å². The first kappa shape index (κ1) is 25.5. The van der Waals surface area contributed by atoms with Crippen LogP contribution in [0.15, 0.2) is 72.9 Å². The van der Waals surface area contributed by atoms with E-state index >= 15 is 0 Å². The number of thiocarbonyl (C=S) groups is 1. The monoisotopic (exact) mass is 525 g/mol. The summed E-state index contributed by atoms with van der Waals surface area (Å²) in [5.41, 5.74) is 8.16. The Kier molecular flexibility index (Phi) is 6.91. The van der Waals surface area contributed by atoms with Crippen molar-refractivity contribution in [1.29, 1.82) is 0 Å². The summed E-state index contributed by atoms with van der Waals surface area (Å²) in [5, 5.41) is 7.02. The number of rotatable bonds is 6. The van der Waals surface area contributed by atoms with Crippen LogP contribution >= 0.6 is 12.2 Å². The Balaban J connectivity index is 1.72. The van der Waals surface area contributed by atoms with E-state index in [0.717, 1.165) is 22.8 Å². The Labute approximate surface area is 228 Å². The normalized spacial score (nSPS) is 16.9. The topological polar surface area (TPSA) is 71.4 Å². The van der Waals surface area contributed by atoms with Gasteiger partial charge < -0.3 is 24.8 Å². The highest BCUT2D eigenvalue weighted by molar-refractivity contribution is 7.80. The number of nitrogens with one attached hydrogen (secondary N) is 2. The van der Waals surface area contributed by atoms with Gasteiger partial charge in [0.2, 0.25) is 5.91 Å². The van der Waals surface area contributed by atoms with Gasteiger partial charge in [0.05, 0.1) is 30.6 Å². The number of aromatic nitrogens is 2. The smallest absolute Gasteiger partial charge is 0.221 e. The van der Waals surface area contributed by atoms with E-state index < -0.39 is 0 Å². The Hall–Kier alpha value is -4.17. The molecular weight excluding hydrogens is 494 g/mol. The van der Waals surface area contributed by atoms with Gasteiger partial charge in [-0.2, -0.15) is 0 Å². The van der Waals surface area contributed by atoms with E-state index in [9.17, 15) is 4.79 Å². The van der Waals surface area contributed by atoms with Crippen molar-refractivity contribution in [1.82, 2.24) is 14.9 Å². The Morgan fingerprint density at radius 3 is 2.39 bits per heavy atom. The third-order valence-corrected chi connectivity index (χ3v) is 7.50. The van der Waals surface area contributed by atoms with Crippen molar-refractivity contribution in [2.24, 2.45) is 0 Å². The lowest BCUT2D eigenvalue weighted by molar-refractivity contribution is -0.114. The summed E-state index contributed by atoms with van der Waals surface area (Å²) in [5.74, 6) is 0.408. The number of ether oxygens (including phenoxy) is 1. The van der Waals surface area contributed by atoms with Crippen LogP contribution in [-0.4, -0.2) is 27.7 Å². The van der Waals surface area contributed by atoms with E-state index in [-0.39, 0.29) is 18.0 Å². The highest BCUT2D eigenvalue weighted by Gasteiger charge is 2.43. The average Bonchev–Trinajstić information content (AvgIpc) is 3.36. The molecule has 0 unspecified atom stereocenters. The minimum absolute atomic E-state index is 0.173. The van der Waals surface area contributed by atoms with E-state index in [1.807, 2.05) is 48.7 Å². The van der Waals surface area contributed by atoms with Crippen molar-refractivity contribution in [3.8, 4) is 11.4 Å². The van der Waals surface area contributed by atoms with Crippen molar-refractivity contribution in [3.63, 3.8) is 0 Å². The van der Waals surface area contributed by atoms with Crippen molar-refractivity contribution in [3.05, 3.63) is 101 Å². The second-order valence-electron chi connectivity index (χ2n) is 9.44. The number of benzene rings is 2. The quantitative estimate of drug-likeness (QED) is 0.304. The second kappa shape index (κ2) is 10.3. The first-order valence-electron chi connectivity index (χ1n) is 12.5. The van der Waals surface area contributed by atoms with Crippen LogP contribution in [0.25, 0.3) is 5.69 Å². The molecule has 5 rings (SSSR count). The predicted octanol–water partition coefficient (Wildman–Crippen LogP) is 5.94. The number of carbonyl (C=O) groups excluding carboxylic acids is 1. The zero-order valence-corrected chi connectivity index (χ0v) is 23.0. The van der Waals surface area contributed by atoms with Crippen molar-refractivity contribution >= 4 is 34.6 Å². The largest absolute Gasteiger partial charge is 0.495 e. The SMILES string of the molecule is COc1ccc(N2C(=S)N[C@H](c3ccccn3)[C@@H]2c2c(C)c(C)n(-c3ccccc3)c2C)cc1NC(C)=O. The first-order chi connectivity index (χ1) is 18.3. The molecule has 1 saturated heterocycles. The number of para-hydroxylation sites is 1. The minimum atomic E-state index is -0.182. The van der Waals surface area contributed by atoms with Crippen molar-refractivity contribution in [2.45, 2.75) is 39.8 Å². The van der Waals surface area contributed by atoms with Gasteiger partial charge in [0.25, 0.3) is 0 Å². The molecule has 2 aromatic carbocycles. The third kappa shape index (κ3) is 4.41. The van der Waals surface area contributed by atoms with Crippen molar-refractivity contribution < 1.29 is 9.53 Å². The van der Waals surface area contributed by atoms with Gasteiger partial charge in [-0.1, -0.05) is 24.3 Å². The lowest BCUT2D eigenvalue weighted by Gasteiger charge is -2.29. The molecule has 2 atom stereocenters.